The molecule has 2 amide bonds. The van der Waals surface area contributed by atoms with Crippen molar-refractivity contribution in [3.8, 4) is 11.5 Å². The summed E-state index contributed by atoms with van der Waals surface area (Å²) in [5, 5.41) is 0. The van der Waals surface area contributed by atoms with E-state index in [1.54, 1.807) is 19.9 Å². The van der Waals surface area contributed by atoms with Crippen molar-refractivity contribution in [2.75, 3.05) is 18.6 Å². The molecule has 0 aliphatic heterocycles. The van der Waals surface area contributed by atoms with Crippen LogP contribution in [0.2, 0.25) is 0 Å². The van der Waals surface area contributed by atoms with Crippen LogP contribution in [0.25, 0.3) is 0 Å². The van der Waals surface area contributed by atoms with E-state index in [0.29, 0.717) is 36.8 Å². The van der Waals surface area contributed by atoms with E-state index < -0.39 is 5.91 Å². The van der Waals surface area contributed by atoms with Gasteiger partial charge < -0.3 is 9.47 Å². The average molecular weight is 282 g/mol. The molecule has 20 heavy (non-hydrogen) atoms. The summed E-state index contributed by atoms with van der Waals surface area (Å²) in [6.07, 6.45) is 0.483. The molecule has 1 aromatic rings. The number of nitrogens with one attached hydrogen (secondary N) is 3. The van der Waals surface area contributed by atoms with E-state index in [1.807, 2.05) is 5.43 Å². The molecule has 0 aromatic heterocycles. The van der Waals surface area contributed by atoms with Gasteiger partial charge in [0.15, 0.2) is 0 Å². The molecular formula is C12H18N4O4. The largest absolute Gasteiger partial charge is 0.493 e. The lowest BCUT2D eigenvalue weighted by atomic mass is 10.1. The van der Waals surface area contributed by atoms with Crippen molar-refractivity contribution in [2.45, 2.75) is 13.8 Å². The summed E-state index contributed by atoms with van der Waals surface area (Å²) in [4.78, 5) is 22.1. The van der Waals surface area contributed by atoms with E-state index in [-0.39, 0.29) is 5.56 Å². The van der Waals surface area contributed by atoms with E-state index >= 15 is 0 Å². The Morgan fingerprint density at radius 2 is 1.90 bits per heavy atom. The van der Waals surface area contributed by atoms with Gasteiger partial charge in [0.25, 0.3) is 5.91 Å². The molecule has 0 aliphatic carbocycles. The van der Waals surface area contributed by atoms with Crippen molar-refractivity contribution >= 4 is 18.0 Å². The highest BCUT2D eigenvalue weighted by Crippen LogP contribution is 2.33. The molecule has 0 fully saturated rings. The number of hydrazine groups is 2. The number of nitrogen functional groups attached to an aromatic ring is 1. The van der Waals surface area contributed by atoms with Crippen LogP contribution in [0.3, 0.4) is 0 Å². The van der Waals surface area contributed by atoms with E-state index in [1.165, 1.54) is 6.07 Å². The predicted octanol–water partition coefficient (Wildman–Crippen LogP) is 0.160. The van der Waals surface area contributed by atoms with Gasteiger partial charge in [-0.25, -0.2) is 5.84 Å². The smallest absolute Gasteiger partial charge is 0.269 e. The van der Waals surface area contributed by atoms with Crippen LogP contribution in [0.1, 0.15) is 24.2 Å². The highest BCUT2D eigenvalue weighted by atomic mass is 16.5. The molecule has 0 spiro atoms. The Morgan fingerprint density at radius 1 is 1.25 bits per heavy atom. The zero-order chi connectivity index (χ0) is 15.0. The molecule has 0 heterocycles. The van der Waals surface area contributed by atoms with E-state index in [0.717, 1.165) is 0 Å². The molecule has 0 saturated carbocycles. The zero-order valence-corrected chi connectivity index (χ0v) is 11.4. The molecule has 0 saturated heterocycles. The third-order valence-corrected chi connectivity index (χ3v) is 2.32. The predicted molar refractivity (Wildman–Crippen MR) is 73.3 cm³/mol. The van der Waals surface area contributed by atoms with Crippen LogP contribution in [0.4, 0.5) is 5.69 Å². The Morgan fingerprint density at radius 3 is 2.45 bits per heavy atom. The molecule has 0 bridgehead atoms. The van der Waals surface area contributed by atoms with Gasteiger partial charge in [-0.1, -0.05) is 0 Å². The lowest BCUT2D eigenvalue weighted by Gasteiger charge is -2.16. The zero-order valence-electron chi connectivity index (χ0n) is 11.4. The number of ether oxygens (including phenoxy) is 2. The highest BCUT2D eigenvalue weighted by molar-refractivity contribution is 5.98. The Hall–Kier alpha value is -2.48. The summed E-state index contributed by atoms with van der Waals surface area (Å²) < 4.78 is 10.8. The van der Waals surface area contributed by atoms with Crippen LogP contribution < -0.4 is 31.6 Å². The first-order valence-corrected chi connectivity index (χ1v) is 6.07. The van der Waals surface area contributed by atoms with Gasteiger partial charge in [0.05, 0.1) is 24.5 Å². The van der Waals surface area contributed by atoms with Crippen LogP contribution in [0.15, 0.2) is 12.1 Å². The SMILES string of the molecule is CCOc1cc(C(=O)NN)c(OCC)cc1NNC=O. The van der Waals surface area contributed by atoms with Crippen molar-refractivity contribution in [1.82, 2.24) is 10.9 Å². The molecule has 0 aliphatic rings. The van der Waals surface area contributed by atoms with Gasteiger partial charge in [-0.3, -0.25) is 25.9 Å². The van der Waals surface area contributed by atoms with Gasteiger partial charge in [0, 0.05) is 6.07 Å². The molecule has 1 aromatic carbocycles. The third kappa shape index (κ3) is 3.75. The van der Waals surface area contributed by atoms with Crippen LogP contribution in [0.5, 0.6) is 11.5 Å². The number of benzene rings is 1. The number of hydrogen-bond donors (Lipinski definition) is 4. The van der Waals surface area contributed by atoms with Crippen molar-refractivity contribution in [1.29, 1.82) is 0 Å². The van der Waals surface area contributed by atoms with Crippen molar-refractivity contribution in [2.24, 2.45) is 5.84 Å². The number of anilines is 1. The minimum atomic E-state index is -0.496. The number of carbonyl (C=O) groups excluding carboxylic acids is 2. The Balaban J connectivity index is 3.25. The summed E-state index contributed by atoms with van der Waals surface area (Å²) in [7, 11) is 0. The lowest BCUT2D eigenvalue weighted by Crippen LogP contribution is -2.30. The van der Waals surface area contributed by atoms with E-state index in [9.17, 15) is 9.59 Å². The molecule has 0 radical (unpaired) electrons. The van der Waals surface area contributed by atoms with Gasteiger partial charge >= 0.3 is 0 Å². The first-order chi connectivity index (χ1) is 9.67. The fourth-order valence-electron chi connectivity index (χ4n) is 1.57. The summed E-state index contributed by atoms with van der Waals surface area (Å²) >= 11 is 0. The fourth-order valence-corrected chi connectivity index (χ4v) is 1.57. The Labute approximate surface area is 116 Å². The maximum absolute atomic E-state index is 11.7. The lowest BCUT2D eigenvalue weighted by molar-refractivity contribution is -0.109. The number of nitrogens with two attached hydrogens (primary N) is 1. The molecule has 1 rings (SSSR count). The normalized spacial score (nSPS) is 9.55. The highest BCUT2D eigenvalue weighted by Gasteiger charge is 2.17. The van der Waals surface area contributed by atoms with Crippen LogP contribution >= 0.6 is 0 Å². The number of amides is 2. The number of hydrogen-bond acceptors (Lipinski definition) is 6. The first-order valence-electron chi connectivity index (χ1n) is 6.07. The van der Waals surface area contributed by atoms with Gasteiger partial charge in [-0.05, 0) is 19.9 Å². The second kappa shape index (κ2) is 7.85. The second-order valence-electron chi connectivity index (χ2n) is 3.57. The topological polar surface area (TPSA) is 115 Å². The second-order valence-corrected chi connectivity index (χ2v) is 3.57. The van der Waals surface area contributed by atoms with Crippen LogP contribution in [-0.4, -0.2) is 25.5 Å². The fraction of sp³-hybridized carbons (Fsp3) is 0.333. The average Bonchev–Trinajstić information content (AvgIpc) is 2.46. The molecule has 8 heteroatoms. The van der Waals surface area contributed by atoms with Gasteiger partial charge in [0.2, 0.25) is 6.41 Å². The van der Waals surface area contributed by atoms with Crippen molar-refractivity contribution in [3.05, 3.63) is 17.7 Å². The summed E-state index contributed by atoms with van der Waals surface area (Å²) in [6, 6.07) is 3.04. The minimum Gasteiger partial charge on any atom is -0.493 e. The monoisotopic (exact) mass is 282 g/mol. The number of rotatable bonds is 8. The van der Waals surface area contributed by atoms with E-state index in [4.69, 9.17) is 15.3 Å². The molecule has 0 unspecified atom stereocenters. The first kappa shape index (κ1) is 15.6. The Bertz CT molecular complexity index is 479. The van der Waals surface area contributed by atoms with Gasteiger partial charge in [0.1, 0.15) is 11.5 Å². The molecule has 0 atom stereocenters. The Kier molecular flexibility index (Phi) is 6.11. The molecular weight excluding hydrogens is 264 g/mol. The molecule has 5 N–H and O–H groups in total. The summed E-state index contributed by atoms with van der Waals surface area (Å²) in [5.41, 5.74) is 7.71. The van der Waals surface area contributed by atoms with Crippen LogP contribution in [-0.2, 0) is 4.79 Å². The van der Waals surface area contributed by atoms with Crippen LogP contribution in [0, 0.1) is 0 Å². The molecule has 8 nitrogen and oxygen atoms in total. The number of carbonyl (C=O) groups is 2. The summed E-state index contributed by atoms with van der Waals surface area (Å²) in [5.74, 6) is 5.37. The third-order valence-electron chi connectivity index (χ3n) is 2.32. The molecule has 110 valence electrons. The minimum absolute atomic E-state index is 0.245. The quantitative estimate of drug-likeness (QED) is 0.234. The van der Waals surface area contributed by atoms with Gasteiger partial charge in [-0.15, -0.1) is 0 Å². The van der Waals surface area contributed by atoms with E-state index in [2.05, 4.69) is 10.9 Å². The maximum atomic E-state index is 11.7. The van der Waals surface area contributed by atoms with Gasteiger partial charge in [-0.2, -0.15) is 0 Å². The van der Waals surface area contributed by atoms with Crippen molar-refractivity contribution in [3.63, 3.8) is 0 Å². The summed E-state index contributed by atoms with van der Waals surface area (Å²) in [6.45, 7) is 4.36. The van der Waals surface area contributed by atoms with Crippen molar-refractivity contribution < 1.29 is 19.1 Å². The standard InChI is InChI=1S/C12H18N4O4/c1-3-19-10-6-9(16-14-7-17)11(20-4-2)5-8(10)12(18)15-13/h5-7,16H,3-4,13H2,1-2H3,(H,14,17)(H,15,18). The maximum Gasteiger partial charge on any atom is 0.269 e.